The third-order valence-corrected chi connectivity index (χ3v) is 18.8. The van der Waals surface area contributed by atoms with E-state index in [1.807, 2.05) is 0 Å². The fourth-order valence-corrected chi connectivity index (χ4v) is 13.2. The van der Waals surface area contributed by atoms with Gasteiger partial charge >= 0.3 is 23.9 Å². The van der Waals surface area contributed by atoms with Gasteiger partial charge in [0, 0.05) is 24.5 Å². The van der Waals surface area contributed by atoms with Gasteiger partial charge < -0.3 is 29.6 Å². The third kappa shape index (κ3) is 33.3. The Hall–Kier alpha value is -4.58. The molecule has 0 aromatic rings. The number of hydrogen-bond acceptors (Lipinski definition) is 12. The average Bonchev–Trinajstić information content (AvgIpc) is 0.883. The Morgan fingerprint density at radius 2 is 0.589 bits per heavy atom. The highest BCUT2D eigenvalue weighted by molar-refractivity contribution is 6.16. The number of unbranched alkanes of at least 4 members (excludes halogenated alkanes) is 19. The summed E-state index contributed by atoms with van der Waals surface area (Å²) in [7, 11) is 0. The van der Waals surface area contributed by atoms with E-state index >= 15 is 0 Å². The first-order chi connectivity index (χ1) is 43.4. The summed E-state index contributed by atoms with van der Waals surface area (Å²) in [5.74, 6) is -1.95. The van der Waals surface area contributed by atoms with Crippen molar-refractivity contribution in [2.75, 3.05) is 39.5 Å². The third-order valence-electron chi connectivity index (χ3n) is 18.8. The maximum absolute atomic E-state index is 14.6. The van der Waals surface area contributed by atoms with Crippen LogP contribution in [0.25, 0.3) is 0 Å². The smallest absolute Gasteiger partial charge is 0.345 e. The highest BCUT2D eigenvalue weighted by Crippen LogP contribution is 2.44. The molecule has 0 bridgehead atoms. The first-order valence-corrected chi connectivity index (χ1v) is 37.3. The lowest BCUT2D eigenvalue weighted by Gasteiger charge is -2.34. The van der Waals surface area contributed by atoms with Crippen LogP contribution in [0.4, 0.5) is 0 Å². The zero-order valence-electron chi connectivity index (χ0n) is 60.0. The Morgan fingerprint density at radius 3 is 0.822 bits per heavy atom. The second-order valence-corrected chi connectivity index (χ2v) is 28.8. The summed E-state index contributed by atoms with van der Waals surface area (Å²) in [6.07, 6.45) is 39.7. The molecule has 2 N–H and O–H groups in total. The number of carbonyl (C=O) groups is 4. The van der Waals surface area contributed by atoms with Crippen LogP contribution in [0.2, 0.25) is 0 Å². The Morgan fingerprint density at radius 1 is 0.356 bits per heavy atom. The molecule has 0 aliphatic heterocycles. The fraction of sp³-hybridized carbons (Fsp3) is 0.821. The van der Waals surface area contributed by atoms with Crippen molar-refractivity contribution in [2.45, 2.75) is 340 Å². The summed E-state index contributed by atoms with van der Waals surface area (Å²) >= 11 is 0. The van der Waals surface area contributed by atoms with E-state index < -0.39 is 23.9 Å². The zero-order chi connectivity index (χ0) is 66.4. The van der Waals surface area contributed by atoms with E-state index in [1.165, 1.54) is 25.7 Å². The molecule has 0 amide bonds. The van der Waals surface area contributed by atoms with Gasteiger partial charge in [-0.05, 0) is 136 Å². The van der Waals surface area contributed by atoms with Crippen LogP contribution in [-0.2, 0) is 38.1 Å². The van der Waals surface area contributed by atoms with Crippen molar-refractivity contribution in [1.82, 2.24) is 10.6 Å². The maximum atomic E-state index is 14.6. The monoisotopic (exact) mass is 1260 g/mol. The predicted molar refractivity (Wildman–Crippen MR) is 371 cm³/mol. The van der Waals surface area contributed by atoms with Crippen LogP contribution in [-0.4, -0.2) is 63.4 Å². The van der Waals surface area contributed by atoms with Crippen molar-refractivity contribution < 1.29 is 38.1 Å². The molecule has 0 aromatic carbocycles. The minimum Gasteiger partial charge on any atom is -0.462 e. The van der Waals surface area contributed by atoms with E-state index in [0.717, 1.165) is 217 Å². The standard InChI is InChI=1S/C78H134N4O8/c1-13-21-29-35-45-61(41-25-17-5)57-87-73(83)71(74(84)88-58-62(42-26-18-6)46-36-30-22-14-2)65-51-77(9,10)53-69(67(65)55-79)81-49-39-33-34-40-50-82-70-54-78(11,12)52-66(68(70)56-80)72(75(85)89-59-63(43-27-19-7)47-37-31-23-15-3)76(86)90-60-64(44-28-20-8)48-38-32-24-16-4/h61-64,81-82H,13-54,57-60H2,1-12H3. The Labute approximate surface area is 551 Å². The SMILES string of the molecule is CCCCCCC(CCCC)COC(=O)C(C(=O)OCC(CCCC)CCCCCC)=C1CC(C)(C)CC(NCCCCCCNC2=C(C#N)C(=C(C(=O)OCC(CCCC)CCCCCC)C(=O)OCC(CCCC)CCCCCC)CC(C)(C)C2)=C1C#N. The predicted octanol–water partition coefficient (Wildman–Crippen LogP) is 20.8. The molecule has 0 saturated heterocycles. The molecule has 4 unspecified atom stereocenters. The van der Waals surface area contributed by atoms with E-state index in [1.54, 1.807) is 0 Å². The van der Waals surface area contributed by atoms with Crippen LogP contribution < -0.4 is 10.6 Å². The molecule has 2 rings (SSSR count). The summed E-state index contributed by atoms with van der Waals surface area (Å²) in [6, 6.07) is 4.88. The Balaban J connectivity index is 2.45. The van der Waals surface area contributed by atoms with Crippen molar-refractivity contribution in [2.24, 2.45) is 34.5 Å². The van der Waals surface area contributed by atoms with E-state index in [-0.39, 0.29) is 72.1 Å². The van der Waals surface area contributed by atoms with E-state index in [2.05, 4.69) is 106 Å². The lowest BCUT2D eigenvalue weighted by molar-refractivity contribution is -0.150. The van der Waals surface area contributed by atoms with Crippen molar-refractivity contribution in [3.8, 4) is 12.1 Å². The molecule has 0 radical (unpaired) electrons. The quantitative estimate of drug-likeness (QED) is 0.0147. The van der Waals surface area contributed by atoms with Gasteiger partial charge in [0.25, 0.3) is 0 Å². The van der Waals surface area contributed by atoms with Gasteiger partial charge in [0.1, 0.15) is 23.3 Å². The van der Waals surface area contributed by atoms with Gasteiger partial charge in [0.05, 0.1) is 37.6 Å². The second-order valence-electron chi connectivity index (χ2n) is 28.8. The first kappa shape index (κ1) is 81.5. The first-order valence-electron chi connectivity index (χ1n) is 37.3. The molecule has 12 heteroatoms. The molecule has 0 heterocycles. The summed E-state index contributed by atoms with van der Waals surface area (Å²) in [6.45, 7) is 28.2. The molecule has 12 nitrogen and oxygen atoms in total. The van der Waals surface area contributed by atoms with Gasteiger partial charge in [-0.3, -0.25) is 0 Å². The molecule has 2 aliphatic carbocycles. The normalized spacial score (nSPS) is 15.9. The number of allylic oxidation sites excluding steroid dienone is 6. The van der Waals surface area contributed by atoms with Crippen molar-refractivity contribution in [3.05, 3.63) is 44.8 Å². The Kier molecular flexibility index (Phi) is 44.4. The van der Waals surface area contributed by atoms with Crippen LogP contribution >= 0.6 is 0 Å². The molecule has 514 valence electrons. The lowest BCUT2D eigenvalue weighted by atomic mass is 9.72. The van der Waals surface area contributed by atoms with E-state index in [0.29, 0.717) is 61.1 Å². The van der Waals surface area contributed by atoms with Crippen molar-refractivity contribution in [3.63, 3.8) is 0 Å². The number of nitriles is 2. The number of hydrogen-bond donors (Lipinski definition) is 2. The number of ether oxygens (including phenoxy) is 4. The van der Waals surface area contributed by atoms with Gasteiger partial charge in [0.15, 0.2) is 0 Å². The van der Waals surface area contributed by atoms with Crippen LogP contribution in [0.1, 0.15) is 340 Å². The van der Waals surface area contributed by atoms with Crippen molar-refractivity contribution >= 4 is 23.9 Å². The second kappa shape index (κ2) is 49.1. The summed E-state index contributed by atoms with van der Waals surface area (Å²) in [5, 5.41) is 29.1. The van der Waals surface area contributed by atoms with Crippen molar-refractivity contribution in [1.29, 1.82) is 10.5 Å². The number of rotatable bonds is 53. The lowest BCUT2D eigenvalue weighted by Crippen LogP contribution is -2.32. The number of nitrogens with zero attached hydrogens (tertiary/aromatic N) is 2. The minimum atomic E-state index is -0.687. The molecular formula is C78H134N4O8. The molecule has 0 saturated carbocycles. The minimum absolute atomic E-state index is 0.125. The Bertz CT molecular complexity index is 2020. The average molecular weight is 1260 g/mol. The van der Waals surface area contributed by atoms with Gasteiger partial charge in [-0.15, -0.1) is 0 Å². The van der Waals surface area contributed by atoms with Gasteiger partial charge in [-0.1, -0.05) is 250 Å². The summed E-state index contributed by atoms with van der Waals surface area (Å²) < 4.78 is 24.7. The fourth-order valence-electron chi connectivity index (χ4n) is 13.2. The zero-order valence-corrected chi connectivity index (χ0v) is 60.0. The van der Waals surface area contributed by atoms with E-state index in [9.17, 15) is 29.7 Å². The summed E-state index contributed by atoms with van der Waals surface area (Å²) in [4.78, 5) is 58.2. The maximum Gasteiger partial charge on any atom is 0.345 e. The molecule has 4 atom stereocenters. The van der Waals surface area contributed by atoms with Crippen LogP contribution in [0, 0.1) is 57.2 Å². The largest absolute Gasteiger partial charge is 0.462 e. The van der Waals surface area contributed by atoms with E-state index in [4.69, 9.17) is 18.9 Å². The molecule has 0 spiro atoms. The number of esters is 4. The van der Waals surface area contributed by atoms with Crippen LogP contribution in [0.15, 0.2) is 44.8 Å². The van der Waals surface area contributed by atoms with Crippen LogP contribution in [0.3, 0.4) is 0 Å². The molecule has 90 heavy (non-hydrogen) atoms. The highest BCUT2D eigenvalue weighted by atomic mass is 16.6. The number of nitrogens with one attached hydrogen (secondary N) is 2. The molecule has 0 aromatic heterocycles. The van der Waals surface area contributed by atoms with Gasteiger partial charge in [0.2, 0.25) is 0 Å². The molecule has 2 aliphatic rings. The van der Waals surface area contributed by atoms with Gasteiger partial charge in [-0.25, -0.2) is 19.2 Å². The topological polar surface area (TPSA) is 177 Å². The van der Waals surface area contributed by atoms with Crippen LogP contribution in [0.5, 0.6) is 0 Å². The molecular weight excluding hydrogens is 1120 g/mol. The van der Waals surface area contributed by atoms with Gasteiger partial charge in [-0.2, -0.15) is 10.5 Å². The number of carbonyl (C=O) groups excluding carboxylic acids is 4. The highest BCUT2D eigenvalue weighted by Gasteiger charge is 2.40. The molecule has 0 fully saturated rings. The summed E-state index contributed by atoms with van der Waals surface area (Å²) in [5.41, 5.74) is 2.01.